The molecule has 1 nitrogen and oxygen atoms in total. The van der Waals surface area contributed by atoms with Gasteiger partial charge >= 0.3 is 0 Å². The molecule has 1 unspecified atom stereocenters. The average Bonchev–Trinajstić information content (AvgIpc) is 1.83. The zero-order chi connectivity index (χ0) is 9.78. The fourth-order valence-electron chi connectivity index (χ4n) is 1.71. The minimum absolute atomic E-state index is 0.835. The fraction of sp³-hybridized carbons (Fsp3) is 1.00. The van der Waals surface area contributed by atoms with E-state index in [9.17, 15) is 0 Å². The highest BCUT2D eigenvalue weighted by Crippen LogP contribution is 2.19. The largest absolute Gasteiger partial charge is 0.331 e. The van der Waals surface area contributed by atoms with Crippen molar-refractivity contribution in [3.63, 3.8) is 0 Å². The van der Waals surface area contributed by atoms with Crippen molar-refractivity contribution in [1.29, 1.82) is 0 Å². The van der Waals surface area contributed by atoms with E-state index < -0.39 is 0 Å². The topological polar surface area (TPSA) is 0 Å². The van der Waals surface area contributed by atoms with E-state index in [1.54, 1.807) is 0 Å². The highest BCUT2D eigenvalue weighted by molar-refractivity contribution is 4.61. The Hall–Kier alpha value is -0.0400. The molecule has 0 aliphatic rings. The van der Waals surface area contributed by atoms with Crippen LogP contribution in [0.5, 0.6) is 0 Å². The summed E-state index contributed by atoms with van der Waals surface area (Å²) in [4.78, 5) is 0. The molecule has 0 saturated carbocycles. The number of hydrogen-bond acceptors (Lipinski definition) is 0. The summed E-state index contributed by atoms with van der Waals surface area (Å²) in [5.74, 6) is 1.73. The summed E-state index contributed by atoms with van der Waals surface area (Å²) in [6.45, 7) is 8.28. The molecule has 12 heavy (non-hydrogen) atoms. The SMILES string of the molecule is CCCC(C[N+](C)(C)C)C(C)C. The van der Waals surface area contributed by atoms with Gasteiger partial charge in [-0.1, -0.05) is 27.2 Å². The van der Waals surface area contributed by atoms with Crippen molar-refractivity contribution < 1.29 is 4.48 Å². The van der Waals surface area contributed by atoms with Gasteiger partial charge in [0.25, 0.3) is 0 Å². The monoisotopic (exact) mass is 172 g/mol. The molecule has 0 bridgehead atoms. The van der Waals surface area contributed by atoms with E-state index in [2.05, 4.69) is 41.9 Å². The van der Waals surface area contributed by atoms with E-state index in [0.29, 0.717) is 0 Å². The lowest BCUT2D eigenvalue weighted by Gasteiger charge is -2.31. The summed E-state index contributed by atoms with van der Waals surface area (Å²) in [7, 11) is 6.85. The van der Waals surface area contributed by atoms with Crippen LogP contribution in [0.25, 0.3) is 0 Å². The lowest BCUT2D eigenvalue weighted by atomic mass is 9.90. The van der Waals surface area contributed by atoms with Gasteiger partial charge in [-0.05, 0) is 12.3 Å². The van der Waals surface area contributed by atoms with Gasteiger partial charge in [-0.25, -0.2) is 0 Å². The molecule has 0 aromatic rings. The van der Waals surface area contributed by atoms with Gasteiger partial charge in [-0.15, -0.1) is 0 Å². The normalized spacial score (nSPS) is 15.2. The maximum Gasteiger partial charge on any atom is 0.0811 e. The third kappa shape index (κ3) is 5.59. The Morgan fingerprint density at radius 3 is 1.83 bits per heavy atom. The Balaban J connectivity index is 3.95. The van der Waals surface area contributed by atoms with Crippen LogP contribution in [0.3, 0.4) is 0 Å². The van der Waals surface area contributed by atoms with Crippen molar-refractivity contribution in [3.8, 4) is 0 Å². The lowest BCUT2D eigenvalue weighted by Crippen LogP contribution is -2.40. The Morgan fingerprint density at radius 2 is 1.58 bits per heavy atom. The third-order valence-corrected chi connectivity index (χ3v) is 2.38. The van der Waals surface area contributed by atoms with Crippen LogP contribution >= 0.6 is 0 Å². The molecule has 1 heteroatoms. The van der Waals surface area contributed by atoms with Crippen LogP contribution in [-0.2, 0) is 0 Å². The maximum atomic E-state index is 2.34. The van der Waals surface area contributed by atoms with Crippen molar-refractivity contribution in [2.45, 2.75) is 33.6 Å². The molecule has 0 aromatic heterocycles. The first-order chi connectivity index (χ1) is 5.37. The zero-order valence-electron chi connectivity index (χ0n) is 9.72. The average molecular weight is 172 g/mol. The van der Waals surface area contributed by atoms with Crippen LogP contribution in [0.1, 0.15) is 33.6 Å². The summed E-state index contributed by atoms with van der Waals surface area (Å²) >= 11 is 0. The Bertz CT molecular complexity index is 111. The zero-order valence-corrected chi connectivity index (χ0v) is 9.72. The first-order valence-electron chi connectivity index (χ1n) is 5.17. The van der Waals surface area contributed by atoms with Crippen molar-refractivity contribution >= 4 is 0 Å². The van der Waals surface area contributed by atoms with Gasteiger partial charge < -0.3 is 4.48 Å². The molecule has 0 aliphatic heterocycles. The minimum atomic E-state index is 0.835. The molecule has 0 spiro atoms. The molecule has 0 heterocycles. The lowest BCUT2D eigenvalue weighted by molar-refractivity contribution is -0.874. The van der Waals surface area contributed by atoms with E-state index in [4.69, 9.17) is 0 Å². The summed E-state index contributed by atoms with van der Waals surface area (Å²) in [6.07, 6.45) is 2.70. The molecule has 0 amide bonds. The minimum Gasteiger partial charge on any atom is -0.331 e. The van der Waals surface area contributed by atoms with Crippen LogP contribution in [0.15, 0.2) is 0 Å². The molecule has 0 saturated heterocycles. The first kappa shape index (κ1) is 12.0. The van der Waals surface area contributed by atoms with Gasteiger partial charge in [-0.3, -0.25) is 0 Å². The standard InChI is InChI=1S/C11H26N/c1-7-8-11(10(2)3)9-12(4,5)6/h10-11H,7-9H2,1-6H3/q+1. The Labute approximate surface area is 78.4 Å². The summed E-state index contributed by atoms with van der Waals surface area (Å²) < 4.78 is 1.10. The van der Waals surface area contributed by atoms with Gasteiger partial charge in [0.15, 0.2) is 0 Å². The molecule has 0 fully saturated rings. The van der Waals surface area contributed by atoms with Crippen LogP contribution < -0.4 is 0 Å². The molecule has 0 aliphatic carbocycles. The van der Waals surface area contributed by atoms with E-state index in [1.807, 2.05) is 0 Å². The van der Waals surface area contributed by atoms with Crippen LogP contribution in [0.2, 0.25) is 0 Å². The van der Waals surface area contributed by atoms with Gasteiger partial charge in [0.1, 0.15) is 0 Å². The van der Waals surface area contributed by atoms with Crippen LogP contribution in [0, 0.1) is 11.8 Å². The van der Waals surface area contributed by atoms with E-state index >= 15 is 0 Å². The molecule has 0 N–H and O–H groups in total. The first-order valence-corrected chi connectivity index (χ1v) is 5.17. The molecule has 74 valence electrons. The molecule has 1 atom stereocenters. The predicted molar refractivity (Wildman–Crippen MR) is 56.1 cm³/mol. The quantitative estimate of drug-likeness (QED) is 0.559. The number of quaternary nitrogens is 1. The van der Waals surface area contributed by atoms with Gasteiger partial charge in [0, 0.05) is 5.92 Å². The van der Waals surface area contributed by atoms with Crippen molar-refractivity contribution in [2.75, 3.05) is 27.7 Å². The van der Waals surface area contributed by atoms with Crippen molar-refractivity contribution in [1.82, 2.24) is 0 Å². The second-order valence-corrected chi connectivity index (χ2v) is 5.27. The van der Waals surface area contributed by atoms with Gasteiger partial charge in [0.2, 0.25) is 0 Å². The summed E-state index contributed by atoms with van der Waals surface area (Å²) in [6, 6.07) is 0. The Kier molecular flexibility index (Phi) is 4.84. The second kappa shape index (κ2) is 4.86. The van der Waals surface area contributed by atoms with Gasteiger partial charge in [0.05, 0.1) is 27.7 Å². The number of nitrogens with zero attached hydrogens (tertiary/aromatic N) is 1. The van der Waals surface area contributed by atoms with E-state index in [0.717, 1.165) is 16.3 Å². The third-order valence-electron chi connectivity index (χ3n) is 2.38. The predicted octanol–water partition coefficient (Wildman–Crippen LogP) is 2.76. The number of rotatable bonds is 5. The summed E-state index contributed by atoms with van der Waals surface area (Å²) in [5, 5.41) is 0. The highest BCUT2D eigenvalue weighted by atomic mass is 15.3. The van der Waals surface area contributed by atoms with E-state index in [-0.39, 0.29) is 0 Å². The molecular weight excluding hydrogens is 146 g/mol. The molecule has 0 rings (SSSR count). The fourth-order valence-corrected chi connectivity index (χ4v) is 1.71. The Morgan fingerprint density at radius 1 is 1.08 bits per heavy atom. The van der Waals surface area contributed by atoms with E-state index in [1.165, 1.54) is 19.4 Å². The molecule has 0 aromatic carbocycles. The smallest absolute Gasteiger partial charge is 0.0811 e. The number of hydrogen-bond donors (Lipinski definition) is 0. The van der Waals surface area contributed by atoms with Crippen molar-refractivity contribution in [3.05, 3.63) is 0 Å². The van der Waals surface area contributed by atoms with Crippen molar-refractivity contribution in [2.24, 2.45) is 11.8 Å². The van der Waals surface area contributed by atoms with Crippen LogP contribution in [-0.4, -0.2) is 32.2 Å². The van der Waals surface area contributed by atoms with Gasteiger partial charge in [-0.2, -0.15) is 0 Å². The second-order valence-electron chi connectivity index (χ2n) is 5.27. The molecular formula is C11H26N+. The summed E-state index contributed by atoms with van der Waals surface area (Å²) in [5.41, 5.74) is 0. The van der Waals surface area contributed by atoms with Crippen LogP contribution in [0.4, 0.5) is 0 Å². The maximum absolute atomic E-state index is 2.34. The highest BCUT2D eigenvalue weighted by Gasteiger charge is 2.19. The molecule has 0 radical (unpaired) electrons.